The summed E-state index contributed by atoms with van der Waals surface area (Å²) >= 11 is 1.88. The number of para-hydroxylation sites is 1. The van der Waals surface area contributed by atoms with E-state index in [0.717, 1.165) is 5.75 Å². The zero-order valence-corrected chi connectivity index (χ0v) is 11.1. The zero-order valence-electron chi connectivity index (χ0n) is 10.2. The molecule has 0 radical (unpaired) electrons. The Kier molecular flexibility index (Phi) is 4.10. The second kappa shape index (κ2) is 5.78. The van der Waals surface area contributed by atoms with E-state index in [0.29, 0.717) is 0 Å². The van der Waals surface area contributed by atoms with Crippen molar-refractivity contribution in [2.45, 2.75) is 17.6 Å². The van der Waals surface area contributed by atoms with E-state index in [4.69, 9.17) is 0 Å². The number of hydrogen-bond donors (Lipinski definition) is 1. The van der Waals surface area contributed by atoms with Crippen molar-refractivity contribution in [3.05, 3.63) is 59.7 Å². The largest absolute Gasteiger partial charge is 0.387 e. The topological polar surface area (TPSA) is 12.0 Å². The fraction of sp³-hybridized carbons (Fsp3) is 0.200. The van der Waals surface area contributed by atoms with Crippen LogP contribution in [0.4, 0.5) is 5.69 Å². The Hall–Kier alpha value is -1.41. The third-order valence-corrected chi connectivity index (χ3v) is 3.92. The van der Waals surface area contributed by atoms with Crippen molar-refractivity contribution in [2.24, 2.45) is 0 Å². The fourth-order valence-electron chi connectivity index (χ4n) is 1.73. The van der Waals surface area contributed by atoms with Crippen LogP contribution in [0.3, 0.4) is 0 Å². The van der Waals surface area contributed by atoms with Gasteiger partial charge in [0.15, 0.2) is 0 Å². The Morgan fingerprint density at radius 2 is 1.71 bits per heavy atom. The summed E-state index contributed by atoms with van der Waals surface area (Å²) in [5, 5.41) is 3.23. The average Bonchev–Trinajstić information content (AvgIpc) is 2.38. The molecule has 0 saturated carbocycles. The Labute approximate surface area is 107 Å². The summed E-state index contributed by atoms with van der Waals surface area (Å²) in [6.45, 7) is 2.17. The van der Waals surface area contributed by atoms with Crippen molar-refractivity contribution in [1.82, 2.24) is 0 Å². The molecule has 0 aliphatic carbocycles. The molecule has 1 nitrogen and oxygen atoms in total. The maximum atomic E-state index is 3.23. The van der Waals surface area contributed by atoms with E-state index in [1.54, 1.807) is 0 Å². The zero-order chi connectivity index (χ0) is 12.1. The molecule has 0 aliphatic heterocycles. The Morgan fingerprint density at radius 3 is 2.47 bits per heavy atom. The number of benzene rings is 2. The molecule has 0 atom stereocenters. The van der Waals surface area contributed by atoms with Crippen molar-refractivity contribution < 1.29 is 0 Å². The molecule has 0 heterocycles. The minimum atomic E-state index is 1.02. The lowest BCUT2D eigenvalue weighted by Gasteiger charge is -2.09. The molecule has 0 aromatic heterocycles. The lowest BCUT2D eigenvalue weighted by Crippen LogP contribution is -1.91. The third kappa shape index (κ3) is 3.04. The van der Waals surface area contributed by atoms with Crippen molar-refractivity contribution in [2.75, 3.05) is 12.4 Å². The van der Waals surface area contributed by atoms with Gasteiger partial charge in [0.2, 0.25) is 0 Å². The van der Waals surface area contributed by atoms with Crippen LogP contribution >= 0.6 is 11.8 Å². The van der Waals surface area contributed by atoms with E-state index in [2.05, 4.69) is 60.8 Å². The van der Waals surface area contributed by atoms with Gasteiger partial charge in [-0.1, -0.05) is 36.4 Å². The first-order chi connectivity index (χ1) is 8.31. The van der Waals surface area contributed by atoms with E-state index in [1.807, 2.05) is 18.8 Å². The quantitative estimate of drug-likeness (QED) is 0.802. The van der Waals surface area contributed by atoms with Gasteiger partial charge in [0, 0.05) is 23.4 Å². The molecule has 0 bridgehead atoms. The highest BCUT2D eigenvalue weighted by molar-refractivity contribution is 7.98. The molecule has 0 saturated heterocycles. The summed E-state index contributed by atoms with van der Waals surface area (Å²) in [4.78, 5) is 1.30. The summed E-state index contributed by atoms with van der Waals surface area (Å²) in [5.74, 6) is 1.02. The van der Waals surface area contributed by atoms with E-state index >= 15 is 0 Å². The molecule has 0 unspecified atom stereocenters. The normalized spacial score (nSPS) is 10.2. The smallest absolute Gasteiger partial charge is 0.0475 e. The molecule has 2 aromatic carbocycles. The highest BCUT2D eigenvalue weighted by Crippen LogP contribution is 2.30. The molecular weight excluding hydrogens is 226 g/mol. The first kappa shape index (κ1) is 12.1. The molecule has 0 spiro atoms. The standard InChI is InChI=1S/C15H17NS/c1-12-7-3-4-8-13(12)11-17-15-10-6-5-9-14(15)16-2/h3-10,16H,11H2,1-2H3. The lowest BCUT2D eigenvalue weighted by atomic mass is 10.1. The van der Waals surface area contributed by atoms with Crippen molar-refractivity contribution in [1.29, 1.82) is 0 Å². The third-order valence-electron chi connectivity index (χ3n) is 2.80. The molecule has 17 heavy (non-hydrogen) atoms. The van der Waals surface area contributed by atoms with Crippen LogP contribution in [0.25, 0.3) is 0 Å². The van der Waals surface area contributed by atoms with Crippen LogP contribution in [0.5, 0.6) is 0 Å². The van der Waals surface area contributed by atoms with Crippen molar-refractivity contribution in [3.63, 3.8) is 0 Å². The predicted octanol–water partition coefficient (Wildman–Crippen LogP) is 4.33. The maximum absolute atomic E-state index is 3.23. The molecule has 1 N–H and O–H groups in total. The number of nitrogens with one attached hydrogen (secondary N) is 1. The number of thioether (sulfide) groups is 1. The van der Waals surface area contributed by atoms with Gasteiger partial charge in [0.05, 0.1) is 0 Å². The van der Waals surface area contributed by atoms with Gasteiger partial charge in [-0.3, -0.25) is 0 Å². The van der Waals surface area contributed by atoms with Gasteiger partial charge < -0.3 is 5.32 Å². The van der Waals surface area contributed by atoms with Crippen LogP contribution in [-0.2, 0) is 5.75 Å². The van der Waals surface area contributed by atoms with Crippen LogP contribution in [-0.4, -0.2) is 7.05 Å². The van der Waals surface area contributed by atoms with Crippen molar-refractivity contribution in [3.8, 4) is 0 Å². The molecule has 2 heteroatoms. The van der Waals surface area contributed by atoms with Gasteiger partial charge in [-0.2, -0.15) is 0 Å². The Balaban J connectivity index is 2.10. The van der Waals surface area contributed by atoms with Crippen LogP contribution in [0.1, 0.15) is 11.1 Å². The molecule has 2 rings (SSSR count). The first-order valence-corrected chi connectivity index (χ1v) is 6.74. The lowest BCUT2D eigenvalue weighted by molar-refractivity contribution is 1.29. The van der Waals surface area contributed by atoms with Crippen LogP contribution in [0.2, 0.25) is 0 Å². The summed E-state index contributed by atoms with van der Waals surface area (Å²) in [6.07, 6.45) is 0. The summed E-state index contributed by atoms with van der Waals surface area (Å²) in [7, 11) is 1.97. The van der Waals surface area contributed by atoms with Crippen LogP contribution < -0.4 is 5.32 Å². The monoisotopic (exact) mass is 243 g/mol. The molecule has 2 aromatic rings. The van der Waals surface area contributed by atoms with E-state index in [9.17, 15) is 0 Å². The number of hydrogen-bond acceptors (Lipinski definition) is 2. The SMILES string of the molecule is CNc1ccccc1SCc1ccccc1C. The molecule has 88 valence electrons. The Morgan fingerprint density at radius 1 is 1.00 bits per heavy atom. The number of anilines is 1. The summed E-state index contributed by atoms with van der Waals surface area (Å²) in [6, 6.07) is 17.0. The first-order valence-electron chi connectivity index (χ1n) is 5.75. The highest BCUT2D eigenvalue weighted by Gasteiger charge is 2.02. The van der Waals surface area contributed by atoms with Gasteiger partial charge in [-0.15, -0.1) is 11.8 Å². The van der Waals surface area contributed by atoms with Gasteiger partial charge in [-0.05, 0) is 30.2 Å². The van der Waals surface area contributed by atoms with E-state index in [1.165, 1.54) is 21.7 Å². The predicted molar refractivity (Wildman–Crippen MR) is 76.7 cm³/mol. The van der Waals surface area contributed by atoms with Crippen LogP contribution in [0, 0.1) is 6.92 Å². The Bertz CT molecular complexity index is 494. The molecule has 0 fully saturated rings. The van der Waals surface area contributed by atoms with Gasteiger partial charge in [0.25, 0.3) is 0 Å². The molecule has 0 aliphatic rings. The van der Waals surface area contributed by atoms with Crippen molar-refractivity contribution >= 4 is 17.4 Å². The summed E-state index contributed by atoms with van der Waals surface area (Å²) in [5.41, 5.74) is 3.97. The van der Waals surface area contributed by atoms with E-state index < -0.39 is 0 Å². The van der Waals surface area contributed by atoms with E-state index in [-0.39, 0.29) is 0 Å². The second-order valence-corrected chi connectivity index (χ2v) is 4.98. The number of aryl methyl sites for hydroxylation is 1. The molecule has 0 amide bonds. The fourth-order valence-corrected chi connectivity index (χ4v) is 2.86. The number of rotatable bonds is 4. The molecular formula is C15H17NS. The second-order valence-electron chi connectivity index (χ2n) is 3.96. The average molecular weight is 243 g/mol. The maximum Gasteiger partial charge on any atom is 0.0475 e. The van der Waals surface area contributed by atoms with Gasteiger partial charge in [-0.25, -0.2) is 0 Å². The highest BCUT2D eigenvalue weighted by atomic mass is 32.2. The van der Waals surface area contributed by atoms with Gasteiger partial charge >= 0.3 is 0 Å². The minimum absolute atomic E-state index is 1.02. The summed E-state index contributed by atoms with van der Waals surface area (Å²) < 4.78 is 0. The van der Waals surface area contributed by atoms with Gasteiger partial charge in [0.1, 0.15) is 0 Å². The minimum Gasteiger partial charge on any atom is -0.387 e. The van der Waals surface area contributed by atoms with Crippen LogP contribution in [0.15, 0.2) is 53.4 Å².